The van der Waals surface area contributed by atoms with Gasteiger partial charge in [-0.3, -0.25) is 0 Å². The van der Waals surface area contributed by atoms with Crippen molar-refractivity contribution in [2.24, 2.45) is 0 Å². The molecule has 0 aromatic rings. The van der Waals surface area contributed by atoms with Crippen LogP contribution in [-0.4, -0.2) is 26.2 Å². The molecule has 0 fully saturated rings. The van der Waals surface area contributed by atoms with E-state index in [9.17, 15) is 0 Å². The second-order valence-electron chi connectivity index (χ2n) is 4.69. The number of hydrogen-bond acceptors (Lipinski definition) is 2. The summed E-state index contributed by atoms with van der Waals surface area (Å²) in [5, 5.41) is 6.22. The Labute approximate surface area is 143 Å². The zero-order valence-electron chi connectivity index (χ0n) is 14.2. The third-order valence-corrected chi connectivity index (χ3v) is 7.84. The van der Waals surface area contributed by atoms with Crippen molar-refractivity contribution in [2.75, 3.05) is 26.2 Å². The van der Waals surface area contributed by atoms with Gasteiger partial charge in [0, 0.05) is 0 Å². The van der Waals surface area contributed by atoms with E-state index in [-0.39, 0.29) is 0 Å². The Morgan fingerprint density at radius 3 is 1.33 bits per heavy atom. The minimum Gasteiger partial charge on any atom is -0.317 e. The molecular weight excluding hydrogens is 423 g/mol. The topological polar surface area (TPSA) is 24.1 Å². The summed E-state index contributed by atoms with van der Waals surface area (Å²) in [6, 6.07) is 0. The molecule has 0 atom stereocenters. The monoisotopic (exact) mass is 456 g/mol. The molecule has 2 N–H and O–H groups in total. The van der Waals surface area contributed by atoms with Crippen molar-refractivity contribution in [1.82, 2.24) is 10.6 Å². The minimum absolute atomic E-state index is 0.526. The zero-order chi connectivity index (χ0) is 15.8. The quantitative estimate of drug-likeness (QED) is 0.593. The van der Waals surface area contributed by atoms with E-state index in [0.29, 0.717) is 0 Å². The fourth-order valence-corrected chi connectivity index (χ4v) is 6.14. The second kappa shape index (κ2) is 16.1. The van der Waals surface area contributed by atoms with Crippen LogP contribution in [0.3, 0.4) is 0 Å². The summed E-state index contributed by atoms with van der Waals surface area (Å²) in [7, 11) is 0. The molecule has 0 spiro atoms. The molecule has 118 valence electrons. The Morgan fingerprint density at radius 2 is 1.14 bits per heavy atom. The van der Waals surface area contributed by atoms with E-state index >= 15 is 0 Å². The summed E-state index contributed by atoms with van der Waals surface area (Å²) < 4.78 is 3.50. The Hall–Kier alpha value is -0.250. The molecule has 2 aliphatic carbocycles. The molecule has 2 aliphatic rings. The predicted octanol–water partition coefficient (Wildman–Crippen LogP) is 3.99. The van der Waals surface area contributed by atoms with Crippen molar-refractivity contribution in [3.63, 3.8) is 0 Å². The average Bonchev–Trinajstić information content (AvgIpc) is 3.16. The second-order valence-corrected chi connectivity index (χ2v) is 10.2. The zero-order valence-corrected chi connectivity index (χ0v) is 17.8. The Morgan fingerprint density at radius 1 is 0.762 bits per heavy atom. The Kier molecular flexibility index (Phi) is 15.9. The first-order valence-corrected chi connectivity index (χ1v) is 11.8. The van der Waals surface area contributed by atoms with Gasteiger partial charge in [0.1, 0.15) is 0 Å². The Bertz CT molecular complexity index is 316. The van der Waals surface area contributed by atoms with E-state index in [1.807, 2.05) is 0 Å². The van der Waals surface area contributed by atoms with Crippen molar-refractivity contribution in [1.29, 1.82) is 0 Å². The SMILES string of the molecule is C1=CC[C]([Hf][C]2=CC=CC2)=C1.CCNCC.CCNCC. The average molecular weight is 455 g/mol. The summed E-state index contributed by atoms with van der Waals surface area (Å²) in [5.74, 6) is 0. The fraction of sp³-hybridized carbons (Fsp3) is 0.556. The van der Waals surface area contributed by atoms with Gasteiger partial charge >= 0.3 is 78.9 Å². The van der Waals surface area contributed by atoms with E-state index < -0.39 is 22.9 Å². The molecule has 0 unspecified atom stereocenters. The van der Waals surface area contributed by atoms with Crippen molar-refractivity contribution in [2.45, 2.75) is 40.5 Å². The van der Waals surface area contributed by atoms with Gasteiger partial charge in [-0.1, -0.05) is 27.7 Å². The molecule has 2 nitrogen and oxygen atoms in total. The molecule has 21 heavy (non-hydrogen) atoms. The summed E-state index contributed by atoms with van der Waals surface area (Å²) in [4.78, 5) is 0. The van der Waals surface area contributed by atoms with Crippen LogP contribution in [-0.2, 0) is 22.9 Å². The van der Waals surface area contributed by atoms with E-state index in [1.165, 1.54) is 12.8 Å². The van der Waals surface area contributed by atoms with Gasteiger partial charge in [-0.15, -0.1) is 0 Å². The Balaban J connectivity index is 0.000000340. The summed E-state index contributed by atoms with van der Waals surface area (Å²) in [5.41, 5.74) is 0. The number of rotatable bonds is 6. The number of allylic oxidation sites excluding steroid dienone is 8. The van der Waals surface area contributed by atoms with Crippen molar-refractivity contribution >= 4 is 0 Å². The van der Waals surface area contributed by atoms with Crippen LogP contribution in [0.15, 0.2) is 43.1 Å². The van der Waals surface area contributed by atoms with Gasteiger partial charge in [0.25, 0.3) is 0 Å². The maximum atomic E-state index is 3.11. The largest absolute Gasteiger partial charge is 0.317 e. The van der Waals surface area contributed by atoms with Gasteiger partial charge in [-0.2, -0.15) is 0 Å². The first-order valence-electron chi connectivity index (χ1n) is 8.18. The van der Waals surface area contributed by atoms with Gasteiger partial charge < -0.3 is 10.6 Å². The van der Waals surface area contributed by atoms with E-state index in [2.05, 4.69) is 74.8 Å². The molecule has 0 saturated carbocycles. The normalized spacial score (nSPS) is 14.7. The summed E-state index contributed by atoms with van der Waals surface area (Å²) in [6.45, 7) is 12.8. The molecule has 0 radical (unpaired) electrons. The maximum absolute atomic E-state index is 3.11. The van der Waals surface area contributed by atoms with E-state index in [4.69, 9.17) is 0 Å². The van der Waals surface area contributed by atoms with E-state index in [1.54, 1.807) is 6.66 Å². The molecule has 0 aliphatic heterocycles. The number of nitrogens with one attached hydrogen (secondary N) is 2. The van der Waals surface area contributed by atoms with Gasteiger partial charge in [0.15, 0.2) is 0 Å². The third-order valence-electron chi connectivity index (χ3n) is 2.86. The van der Waals surface area contributed by atoms with Gasteiger partial charge in [-0.25, -0.2) is 0 Å². The first-order chi connectivity index (χ1) is 10.3. The van der Waals surface area contributed by atoms with Crippen LogP contribution in [0.25, 0.3) is 0 Å². The van der Waals surface area contributed by atoms with Crippen molar-refractivity contribution < 1.29 is 22.9 Å². The molecule has 2 rings (SSSR count). The van der Waals surface area contributed by atoms with Crippen LogP contribution in [0.4, 0.5) is 0 Å². The van der Waals surface area contributed by atoms with Crippen LogP contribution in [0.1, 0.15) is 40.5 Å². The molecular formula is C18H32HfN2. The molecule has 0 amide bonds. The molecule has 0 aromatic heterocycles. The standard InChI is InChI=1S/2C5H5.2C4H11N.Hf/c2*1-2-4-5-3-1;2*1-3-5-4-2;/h2*1-3H,4H2;2*5H,3-4H2,1-2H3;. The van der Waals surface area contributed by atoms with E-state index in [0.717, 1.165) is 26.2 Å². The molecule has 0 heterocycles. The fourth-order valence-electron chi connectivity index (χ4n) is 1.79. The summed E-state index contributed by atoms with van der Waals surface area (Å²) >= 11 is -0.526. The predicted molar refractivity (Wildman–Crippen MR) is 92.1 cm³/mol. The van der Waals surface area contributed by atoms with Crippen LogP contribution in [0, 0.1) is 0 Å². The molecule has 0 saturated heterocycles. The van der Waals surface area contributed by atoms with Crippen LogP contribution in [0.5, 0.6) is 0 Å². The summed E-state index contributed by atoms with van der Waals surface area (Å²) in [6.07, 6.45) is 16.1. The molecule has 3 heteroatoms. The third kappa shape index (κ3) is 13.2. The number of hydrogen-bond donors (Lipinski definition) is 2. The minimum atomic E-state index is -0.526. The first kappa shape index (κ1) is 20.8. The molecule has 0 aromatic carbocycles. The van der Waals surface area contributed by atoms with Gasteiger partial charge in [0.05, 0.1) is 0 Å². The van der Waals surface area contributed by atoms with Crippen LogP contribution >= 0.6 is 0 Å². The van der Waals surface area contributed by atoms with Crippen LogP contribution < -0.4 is 10.6 Å². The van der Waals surface area contributed by atoms with Gasteiger partial charge in [-0.05, 0) is 26.2 Å². The van der Waals surface area contributed by atoms with Crippen LogP contribution in [0.2, 0.25) is 0 Å². The molecule has 0 bridgehead atoms. The van der Waals surface area contributed by atoms with Crippen molar-refractivity contribution in [3.8, 4) is 0 Å². The smallest absolute Gasteiger partial charge is 0.00775 e. The van der Waals surface area contributed by atoms with Crippen molar-refractivity contribution in [3.05, 3.63) is 43.1 Å². The maximum Gasteiger partial charge on any atom is -0.00775 e. The van der Waals surface area contributed by atoms with Gasteiger partial charge in [0.2, 0.25) is 0 Å².